The number of hydrogen-bond donors (Lipinski definition) is 3. The first kappa shape index (κ1) is 11.9. The van der Waals surface area contributed by atoms with Crippen LogP contribution in [0.4, 0.5) is 0 Å². The Kier molecular flexibility index (Phi) is 3.61. The number of aromatic hydroxyl groups is 1. The predicted octanol–water partition coefficient (Wildman–Crippen LogP) is 2.02. The van der Waals surface area contributed by atoms with Gasteiger partial charge in [-0.15, -0.1) is 0 Å². The number of hydrogen-bond acceptors (Lipinski definition) is 3. The topological polar surface area (TPSA) is 52.5 Å². The van der Waals surface area contributed by atoms with E-state index in [-0.39, 0.29) is 6.10 Å². The smallest absolute Gasteiger partial charge is 0.120 e. The minimum Gasteiger partial charge on any atom is -0.508 e. The average molecular weight is 231 g/mol. The third-order valence-corrected chi connectivity index (χ3v) is 2.76. The number of fused-ring (bicyclic) bond motifs is 1. The summed E-state index contributed by atoms with van der Waals surface area (Å²) >= 11 is 0. The Balaban J connectivity index is 2.28. The van der Waals surface area contributed by atoms with Gasteiger partial charge in [-0.05, 0) is 23.8 Å². The van der Waals surface area contributed by atoms with Crippen molar-refractivity contribution in [3.05, 3.63) is 42.0 Å². The maximum absolute atomic E-state index is 9.87. The van der Waals surface area contributed by atoms with Crippen molar-refractivity contribution in [3.8, 4) is 5.75 Å². The second-order valence-electron chi connectivity index (χ2n) is 4.26. The normalized spacial score (nSPS) is 12.8. The molecule has 0 amide bonds. The number of aliphatic hydroxyl groups excluding tert-OH is 1. The zero-order valence-electron chi connectivity index (χ0n) is 9.85. The van der Waals surface area contributed by atoms with Gasteiger partial charge >= 0.3 is 0 Å². The minimum atomic E-state index is -0.382. The summed E-state index contributed by atoms with van der Waals surface area (Å²) in [5, 5.41) is 24.3. The summed E-state index contributed by atoms with van der Waals surface area (Å²) in [5.74, 6) is 0.293. The third kappa shape index (κ3) is 2.75. The maximum atomic E-state index is 9.87. The van der Waals surface area contributed by atoms with Crippen LogP contribution < -0.4 is 5.32 Å². The highest BCUT2D eigenvalue weighted by Crippen LogP contribution is 2.26. The highest BCUT2D eigenvalue weighted by molar-refractivity contribution is 5.87. The molecule has 2 aromatic carbocycles. The average Bonchev–Trinajstić information content (AvgIpc) is 2.32. The first-order valence-electron chi connectivity index (χ1n) is 5.77. The minimum absolute atomic E-state index is 0.293. The van der Waals surface area contributed by atoms with Crippen LogP contribution in [0.3, 0.4) is 0 Å². The van der Waals surface area contributed by atoms with Gasteiger partial charge in [0.15, 0.2) is 0 Å². The van der Waals surface area contributed by atoms with Gasteiger partial charge in [0, 0.05) is 18.7 Å². The van der Waals surface area contributed by atoms with E-state index in [0.29, 0.717) is 18.8 Å². The van der Waals surface area contributed by atoms with Crippen LogP contribution in [0.25, 0.3) is 10.8 Å². The highest BCUT2D eigenvalue weighted by Gasteiger charge is 2.06. The molecule has 3 nitrogen and oxygen atoms in total. The molecule has 0 radical (unpaired) electrons. The predicted molar refractivity (Wildman–Crippen MR) is 69.0 cm³/mol. The lowest BCUT2D eigenvalue weighted by Crippen LogP contribution is -2.23. The van der Waals surface area contributed by atoms with Crippen LogP contribution in [-0.4, -0.2) is 22.9 Å². The molecule has 1 unspecified atom stereocenters. The zero-order chi connectivity index (χ0) is 12.3. The number of phenolic OH excluding ortho intramolecular Hbond substituents is 1. The Hall–Kier alpha value is -1.58. The van der Waals surface area contributed by atoms with Gasteiger partial charge in [0.05, 0.1) is 6.10 Å². The van der Waals surface area contributed by atoms with Gasteiger partial charge in [-0.25, -0.2) is 0 Å². The second-order valence-corrected chi connectivity index (χ2v) is 4.26. The molecule has 0 aliphatic heterocycles. The Morgan fingerprint density at radius 1 is 1.18 bits per heavy atom. The fourth-order valence-electron chi connectivity index (χ4n) is 1.92. The molecule has 0 heterocycles. The summed E-state index contributed by atoms with van der Waals surface area (Å²) in [6, 6.07) is 11.6. The molecule has 0 spiro atoms. The van der Waals surface area contributed by atoms with Crippen LogP contribution in [0.1, 0.15) is 12.5 Å². The Morgan fingerprint density at radius 2 is 1.94 bits per heavy atom. The van der Waals surface area contributed by atoms with Crippen molar-refractivity contribution in [2.75, 3.05) is 6.54 Å². The van der Waals surface area contributed by atoms with Crippen LogP contribution in [0.5, 0.6) is 5.75 Å². The lowest BCUT2D eigenvalue weighted by atomic mass is 10.0. The summed E-state index contributed by atoms with van der Waals surface area (Å²) in [6.45, 7) is 2.80. The summed E-state index contributed by atoms with van der Waals surface area (Å²) < 4.78 is 0. The third-order valence-electron chi connectivity index (χ3n) is 2.76. The van der Waals surface area contributed by atoms with Gasteiger partial charge in [0.1, 0.15) is 5.75 Å². The SMILES string of the molecule is CC(O)CNCc1c(O)ccc2ccccc12. The Morgan fingerprint density at radius 3 is 2.71 bits per heavy atom. The van der Waals surface area contributed by atoms with Gasteiger partial charge in [-0.2, -0.15) is 0 Å². The fourth-order valence-corrected chi connectivity index (χ4v) is 1.92. The molecule has 3 N–H and O–H groups in total. The number of phenols is 1. The zero-order valence-corrected chi connectivity index (χ0v) is 9.85. The molecule has 0 saturated heterocycles. The molecule has 0 aromatic heterocycles. The van der Waals surface area contributed by atoms with Gasteiger partial charge < -0.3 is 15.5 Å². The number of aliphatic hydroxyl groups is 1. The summed E-state index contributed by atoms with van der Waals surface area (Å²) in [6.07, 6.45) is -0.382. The van der Waals surface area contributed by atoms with Gasteiger partial charge in [-0.1, -0.05) is 30.3 Å². The van der Waals surface area contributed by atoms with Gasteiger partial charge in [0.25, 0.3) is 0 Å². The molecule has 17 heavy (non-hydrogen) atoms. The summed E-state index contributed by atoms with van der Waals surface area (Å²) in [5.41, 5.74) is 0.878. The van der Waals surface area contributed by atoms with Crippen LogP contribution in [0.2, 0.25) is 0 Å². The number of benzene rings is 2. The molecule has 0 aliphatic carbocycles. The largest absolute Gasteiger partial charge is 0.508 e. The molecule has 0 bridgehead atoms. The number of nitrogens with one attached hydrogen (secondary N) is 1. The van der Waals surface area contributed by atoms with E-state index in [2.05, 4.69) is 5.32 Å². The monoisotopic (exact) mass is 231 g/mol. The quantitative estimate of drug-likeness (QED) is 0.754. The molecular formula is C14H17NO2. The van der Waals surface area contributed by atoms with Crippen molar-refractivity contribution >= 4 is 10.8 Å². The van der Waals surface area contributed by atoms with E-state index in [1.165, 1.54) is 0 Å². The molecule has 90 valence electrons. The fraction of sp³-hybridized carbons (Fsp3) is 0.286. The molecule has 0 aliphatic rings. The Labute approximate surface area is 101 Å². The lowest BCUT2D eigenvalue weighted by molar-refractivity contribution is 0.191. The number of rotatable bonds is 4. The maximum Gasteiger partial charge on any atom is 0.120 e. The van der Waals surface area contributed by atoms with Crippen molar-refractivity contribution in [1.29, 1.82) is 0 Å². The Bertz CT molecular complexity index is 509. The standard InChI is InChI=1S/C14H17NO2/c1-10(16)8-15-9-13-12-5-3-2-4-11(12)6-7-14(13)17/h2-7,10,15-17H,8-9H2,1H3. The van der Waals surface area contributed by atoms with E-state index < -0.39 is 0 Å². The van der Waals surface area contributed by atoms with Crippen molar-refractivity contribution in [3.63, 3.8) is 0 Å². The molecule has 1 atom stereocenters. The molecular weight excluding hydrogens is 214 g/mol. The molecule has 2 rings (SSSR count). The molecule has 2 aromatic rings. The lowest BCUT2D eigenvalue weighted by Gasteiger charge is -2.11. The van der Waals surface area contributed by atoms with Gasteiger partial charge in [-0.3, -0.25) is 0 Å². The summed E-state index contributed by atoms with van der Waals surface area (Å²) in [7, 11) is 0. The van der Waals surface area contributed by atoms with E-state index in [1.807, 2.05) is 30.3 Å². The van der Waals surface area contributed by atoms with E-state index in [1.54, 1.807) is 13.0 Å². The van der Waals surface area contributed by atoms with Crippen LogP contribution in [0, 0.1) is 0 Å². The molecule has 0 saturated carbocycles. The van der Waals surface area contributed by atoms with E-state index in [4.69, 9.17) is 0 Å². The van der Waals surface area contributed by atoms with Crippen molar-refractivity contribution < 1.29 is 10.2 Å². The van der Waals surface area contributed by atoms with E-state index in [9.17, 15) is 10.2 Å². The van der Waals surface area contributed by atoms with E-state index >= 15 is 0 Å². The van der Waals surface area contributed by atoms with Crippen molar-refractivity contribution in [1.82, 2.24) is 5.32 Å². The van der Waals surface area contributed by atoms with Crippen molar-refractivity contribution in [2.45, 2.75) is 19.6 Å². The molecule has 0 fully saturated rings. The molecule has 3 heteroatoms. The first-order chi connectivity index (χ1) is 8.18. The highest BCUT2D eigenvalue weighted by atomic mass is 16.3. The van der Waals surface area contributed by atoms with Crippen molar-refractivity contribution in [2.24, 2.45) is 0 Å². The van der Waals surface area contributed by atoms with Crippen LogP contribution in [0.15, 0.2) is 36.4 Å². The van der Waals surface area contributed by atoms with Gasteiger partial charge in [0.2, 0.25) is 0 Å². The van der Waals surface area contributed by atoms with Crippen LogP contribution >= 0.6 is 0 Å². The summed E-state index contributed by atoms with van der Waals surface area (Å²) in [4.78, 5) is 0. The van der Waals surface area contributed by atoms with Crippen LogP contribution in [-0.2, 0) is 6.54 Å². The first-order valence-corrected chi connectivity index (χ1v) is 5.77. The van der Waals surface area contributed by atoms with E-state index in [0.717, 1.165) is 16.3 Å². The second kappa shape index (κ2) is 5.17.